The second kappa shape index (κ2) is 8.55. The van der Waals surface area contributed by atoms with Crippen molar-refractivity contribution in [3.8, 4) is 0 Å². The SMILES string of the molecule is Cc1noc(C)c1S(=O)(=O)N1CCN(C(=O)CCC(=O)c2ccc3c(c2)CCC3)CC1. The lowest BCUT2D eigenvalue weighted by atomic mass is 10.0. The molecule has 0 saturated carbocycles. The van der Waals surface area contributed by atoms with Crippen LogP contribution < -0.4 is 0 Å². The third-order valence-corrected chi connectivity index (χ3v) is 8.29. The smallest absolute Gasteiger partial charge is 0.248 e. The molecule has 0 spiro atoms. The Labute approximate surface area is 182 Å². The minimum Gasteiger partial charge on any atom is -0.360 e. The Morgan fingerprint density at radius 3 is 2.42 bits per heavy atom. The van der Waals surface area contributed by atoms with E-state index in [1.807, 2.05) is 18.2 Å². The summed E-state index contributed by atoms with van der Waals surface area (Å²) in [7, 11) is -3.71. The molecule has 0 radical (unpaired) electrons. The van der Waals surface area contributed by atoms with E-state index in [0.29, 0.717) is 24.3 Å². The van der Waals surface area contributed by atoms with Gasteiger partial charge in [-0.2, -0.15) is 4.31 Å². The number of nitrogens with zero attached hydrogens (tertiary/aromatic N) is 3. The fraction of sp³-hybridized carbons (Fsp3) is 0.500. The van der Waals surface area contributed by atoms with E-state index < -0.39 is 10.0 Å². The first kappa shape index (κ1) is 21.7. The van der Waals surface area contributed by atoms with E-state index in [2.05, 4.69) is 5.16 Å². The van der Waals surface area contributed by atoms with Crippen molar-refractivity contribution < 1.29 is 22.5 Å². The molecule has 2 aromatic rings. The van der Waals surface area contributed by atoms with E-state index in [-0.39, 0.29) is 48.3 Å². The highest BCUT2D eigenvalue weighted by molar-refractivity contribution is 7.89. The zero-order valence-corrected chi connectivity index (χ0v) is 18.7. The normalized spacial score (nSPS) is 17.0. The summed E-state index contributed by atoms with van der Waals surface area (Å²) in [5, 5.41) is 3.73. The molecule has 0 N–H and O–H groups in total. The minimum atomic E-state index is -3.71. The van der Waals surface area contributed by atoms with Crippen LogP contribution in [-0.2, 0) is 27.7 Å². The second-order valence-electron chi connectivity index (χ2n) is 8.20. The van der Waals surface area contributed by atoms with Gasteiger partial charge in [-0.3, -0.25) is 9.59 Å². The van der Waals surface area contributed by atoms with Gasteiger partial charge in [0, 0.05) is 44.6 Å². The van der Waals surface area contributed by atoms with Crippen LogP contribution in [0.25, 0.3) is 0 Å². The third kappa shape index (κ3) is 4.29. The van der Waals surface area contributed by atoms with Gasteiger partial charge in [-0.1, -0.05) is 17.3 Å². The molecule has 1 aromatic carbocycles. The highest BCUT2D eigenvalue weighted by Gasteiger charge is 2.34. The molecule has 1 amide bonds. The number of hydrogen-bond donors (Lipinski definition) is 0. The Bertz CT molecular complexity index is 1090. The molecular formula is C22H27N3O5S. The standard InChI is InChI=1S/C22H27N3O5S/c1-15-22(16(2)30-23-15)31(28,29)25-12-10-24(11-13-25)21(27)9-8-20(26)19-7-6-17-4-3-5-18(17)14-19/h6-7,14H,3-5,8-13H2,1-2H3. The van der Waals surface area contributed by atoms with E-state index in [4.69, 9.17) is 4.52 Å². The Hall–Kier alpha value is -2.52. The third-order valence-electron chi connectivity index (χ3n) is 6.14. The summed E-state index contributed by atoms with van der Waals surface area (Å²) < 4.78 is 32.1. The van der Waals surface area contributed by atoms with Crippen LogP contribution >= 0.6 is 0 Å². The van der Waals surface area contributed by atoms with Crippen LogP contribution in [0.3, 0.4) is 0 Å². The van der Waals surface area contributed by atoms with Crippen LogP contribution in [0.15, 0.2) is 27.6 Å². The van der Waals surface area contributed by atoms with E-state index in [9.17, 15) is 18.0 Å². The lowest BCUT2D eigenvalue weighted by Gasteiger charge is -2.34. The van der Waals surface area contributed by atoms with Crippen LogP contribution in [0.2, 0.25) is 0 Å². The summed E-state index contributed by atoms with van der Waals surface area (Å²) in [6, 6.07) is 5.85. The number of hydrogen-bond acceptors (Lipinski definition) is 6. The molecule has 2 aliphatic rings. The fourth-order valence-electron chi connectivity index (χ4n) is 4.42. The van der Waals surface area contributed by atoms with Crippen molar-refractivity contribution in [2.24, 2.45) is 0 Å². The molecular weight excluding hydrogens is 418 g/mol. The molecule has 9 heteroatoms. The Morgan fingerprint density at radius 2 is 1.74 bits per heavy atom. The van der Waals surface area contributed by atoms with Crippen molar-refractivity contribution in [3.05, 3.63) is 46.3 Å². The number of ketones is 1. The van der Waals surface area contributed by atoms with Crippen molar-refractivity contribution in [2.45, 2.75) is 50.8 Å². The van der Waals surface area contributed by atoms with Crippen LogP contribution in [0.1, 0.15) is 52.2 Å². The van der Waals surface area contributed by atoms with Gasteiger partial charge in [-0.25, -0.2) is 8.42 Å². The first-order valence-electron chi connectivity index (χ1n) is 10.6. The average Bonchev–Trinajstić information content (AvgIpc) is 3.37. The predicted molar refractivity (Wildman–Crippen MR) is 113 cm³/mol. The number of aromatic nitrogens is 1. The molecule has 166 valence electrons. The molecule has 1 saturated heterocycles. The van der Waals surface area contributed by atoms with E-state index in [1.54, 1.807) is 18.7 Å². The van der Waals surface area contributed by atoms with Crippen LogP contribution in [0, 0.1) is 13.8 Å². The number of fused-ring (bicyclic) bond motifs is 1. The van der Waals surface area contributed by atoms with Crippen molar-refractivity contribution in [2.75, 3.05) is 26.2 Å². The van der Waals surface area contributed by atoms with Gasteiger partial charge in [0.05, 0.1) is 0 Å². The van der Waals surface area contributed by atoms with Crippen molar-refractivity contribution in [1.82, 2.24) is 14.4 Å². The maximum Gasteiger partial charge on any atom is 0.248 e. The second-order valence-corrected chi connectivity index (χ2v) is 10.1. The van der Waals surface area contributed by atoms with Crippen LogP contribution in [0.4, 0.5) is 0 Å². The van der Waals surface area contributed by atoms with Gasteiger partial charge in [0.1, 0.15) is 10.6 Å². The largest absolute Gasteiger partial charge is 0.360 e. The Morgan fingerprint density at radius 1 is 1.03 bits per heavy atom. The summed E-state index contributed by atoms with van der Waals surface area (Å²) in [5.74, 6) is 0.118. The number of sulfonamides is 1. The molecule has 1 aromatic heterocycles. The number of Topliss-reactive ketones (excluding diaryl/α,β-unsaturated/α-hetero) is 1. The first-order chi connectivity index (χ1) is 14.8. The van der Waals surface area contributed by atoms with Crippen molar-refractivity contribution in [1.29, 1.82) is 0 Å². The number of carbonyl (C=O) groups excluding carboxylic acids is 2. The highest BCUT2D eigenvalue weighted by Crippen LogP contribution is 2.25. The molecule has 8 nitrogen and oxygen atoms in total. The first-order valence-corrected chi connectivity index (χ1v) is 12.1. The van der Waals surface area contributed by atoms with Crippen LogP contribution in [-0.4, -0.2) is 60.6 Å². The van der Waals surface area contributed by atoms with Gasteiger partial charge >= 0.3 is 0 Å². The van der Waals surface area contributed by atoms with Gasteiger partial charge < -0.3 is 9.42 Å². The lowest BCUT2D eigenvalue weighted by Crippen LogP contribution is -2.50. The van der Waals surface area contributed by atoms with Gasteiger partial charge in [-0.05, 0) is 50.3 Å². The zero-order chi connectivity index (χ0) is 22.2. The number of rotatable bonds is 6. The molecule has 0 unspecified atom stereocenters. The average molecular weight is 446 g/mol. The van der Waals surface area contributed by atoms with E-state index >= 15 is 0 Å². The summed E-state index contributed by atoms with van der Waals surface area (Å²) in [6.45, 7) is 4.18. The summed E-state index contributed by atoms with van der Waals surface area (Å²) in [5.41, 5.74) is 3.56. The molecule has 4 rings (SSSR count). The molecule has 2 heterocycles. The summed E-state index contributed by atoms with van der Waals surface area (Å²) in [6.07, 6.45) is 3.50. The number of benzene rings is 1. The van der Waals surface area contributed by atoms with Crippen molar-refractivity contribution in [3.63, 3.8) is 0 Å². The topological polar surface area (TPSA) is 101 Å². The maximum absolute atomic E-state index is 12.9. The molecule has 1 aliphatic carbocycles. The lowest BCUT2D eigenvalue weighted by molar-refractivity contribution is -0.132. The summed E-state index contributed by atoms with van der Waals surface area (Å²) >= 11 is 0. The van der Waals surface area contributed by atoms with E-state index in [0.717, 1.165) is 19.3 Å². The predicted octanol–water partition coefficient (Wildman–Crippen LogP) is 2.28. The van der Waals surface area contributed by atoms with Gasteiger partial charge in [0.2, 0.25) is 15.9 Å². The van der Waals surface area contributed by atoms with Gasteiger partial charge in [0.15, 0.2) is 11.5 Å². The van der Waals surface area contributed by atoms with Crippen LogP contribution in [0.5, 0.6) is 0 Å². The minimum absolute atomic E-state index is 0.0253. The number of piperazine rings is 1. The van der Waals surface area contributed by atoms with Gasteiger partial charge in [0.25, 0.3) is 0 Å². The maximum atomic E-state index is 12.9. The fourth-order valence-corrected chi connectivity index (χ4v) is 6.13. The Balaban J connectivity index is 1.31. The van der Waals surface area contributed by atoms with Gasteiger partial charge in [-0.15, -0.1) is 0 Å². The molecule has 0 bridgehead atoms. The molecule has 0 atom stereocenters. The molecule has 1 fully saturated rings. The molecule has 1 aliphatic heterocycles. The number of carbonyl (C=O) groups is 2. The monoisotopic (exact) mass is 445 g/mol. The zero-order valence-electron chi connectivity index (χ0n) is 17.9. The van der Waals surface area contributed by atoms with Crippen molar-refractivity contribution >= 4 is 21.7 Å². The highest BCUT2D eigenvalue weighted by atomic mass is 32.2. The number of amides is 1. The van der Waals surface area contributed by atoms with E-state index in [1.165, 1.54) is 15.4 Å². The quantitative estimate of drug-likeness (QED) is 0.633. The Kier molecular flexibility index (Phi) is 5.98. The number of aryl methyl sites for hydroxylation is 4. The molecule has 31 heavy (non-hydrogen) atoms. The summed E-state index contributed by atoms with van der Waals surface area (Å²) in [4.78, 5) is 26.9.